The lowest BCUT2D eigenvalue weighted by Gasteiger charge is -2.25. The Hall–Kier alpha value is -0.425. The number of nitrogens with zero attached hydrogens (tertiary/aromatic N) is 2. The Morgan fingerprint density at radius 2 is 2.11 bits per heavy atom. The fourth-order valence-electron chi connectivity index (χ4n) is 2.26. The molecule has 1 aliphatic rings. The van der Waals surface area contributed by atoms with Gasteiger partial charge in [-0.3, -0.25) is 4.90 Å². The van der Waals surface area contributed by atoms with Gasteiger partial charge in [-0.05, 0) is 19.3 Å². The van der Waals surface area contributed by atoms with Crippen LogP contribution in [0.1, 0.15) is 42.8 Å². The molecule has 0 radical (unpaired) electrons. The van der Waals surface area contributed by atoms with Crippen LogP contribution in [-0.4, -0.2) is 40.1 Å². The van der Waals surface area contributed by atoms with E-state index in [1.165, 1.54) is 15.6 Å². The highest BCUT2D eigenvalue weighted by atomic mass is 32.1. The molecule has 0 unspecified atom stereocenters. The fourth-order valence-corrected chi connectivity index (χ4v) is 3.47. The Kier molecular flexibility index (Phi) is 4.66. The summed E-state index contributed by atoms with van der Waals surface area (Å²) in [6.45, 7) is 9.54. The van der Waals surface area contributed by atoms with Crippen molar-refractivity contribution in [2.75, 3.05) is 13.1 Å². The van der Waals surface area contributed by atoms with Gasteiger partial charge in [-0.1, -0.05) is 20.8 Å². The molecule has 2 heterocycles. The van der Waals surface area contributed by atoms with Crippen LogP contribution in [0, 0.1) is 0 Å². The molecule has 0 aromatic carbocycles. The first kappa shape index (κ1) is 15.0. The Morgan fingerprint density at radius 1 is 1.37 bits per heavy atom. The highest BCUT2D eigenvalue weighted by Crippen LogP contribution is 2.32. The Labute approximate surface area is 119 Å². The molecule has 2 rings (SSSR count). The van der Waals surface area contributed by atoms with Crippen LogP contribution < -0.4 is 0 Å². The van der Waals surface area contributed by atoms with Gasteiger partial charge < -0.3 is 10.0 Å². The third-order valence-corrected chi connectivity index (χ3v) is 4.90. The van der Waals surface area contributed by atoms with Crippen molar-refractivity contribution in [2.24, 2.45) is 0 Å². The Bertz CT molecular complexity index is 429. The molecule has 0 fully saturated rings. The van der Waals surface area contributed by atoms with Crippen molar-refractivity contribution < 1.29 is 10.0 Å². The molecule has 0 saturated heterocycles. The monoisotopic (exact) mass is 282 g/mol. The first-order chi connectivity index (χ1) is 8.86. The standard InChI is InChI=1S/C13H23BN2O2S/c1-13(2,3)12-15-10-5-8-16(9-11(10)19-12)7-4-6-14(17)18/h17-18H,4-9H2,1-3H3. The van der Waals surface area contributed by atoms with E-state index >= 15 is 0 Å². The lowest BCUT2D eigenvalue weighted by molar-refractivity contribution is 0.253. The average Bonchev–Trinajstić information content (AvgIpc) is 2.71. The molecule has 19 heavy (non-hydrogen) atoms. The second-order valence-electron chi connectivity index (χ2n) is 6.29. The first-order valence-electron chi connectivity index (χ1n) is 6.94. The minimum absolute atomic E-state index is 0.133. The van der Waals surface area contributed by atoms with E-state index in [2.05, 4.69) is 25.7 Å². The van der Waals surface area contributed by atoms with Crippen LogP contribution in [0.5, 0.6) is 0 Å². The van der Waals surface area contributed by atoms with Crippen LogP contribution in [0.25, 0.3) is 0 Å². The van der Waals surface area contributed by atoms with Gasteiger partial charge in [0.1, 0.15) is 0 Å². The minimum Gasteiger partial charge on any atom is -0.427 e. The van der Waals surface area contributed by atoms with Crippen molar-refractivity contribution in [1.82, 2.24) is 9.88 Å². The number of aromatic nitrogens is 1. The van der Waals surface area contributed by atoms with E-state index in [4.69, 9.17) is 15.0 Å². The molecular weight excluding hydrogens is 259 g/mol. The summed E-state index contributed by atoms with van der Waals surface area (Å²) in [4.78, 5) is 8.55. The number of fused-ring (bicyclic) bond motifs is 1. The third-order valence-electron chi connectivity index (χ3n) is 3.39. The molecule has 0 aliphatic carbocycles. The molecule has 0 amide bonds. The summed E-state index contributed by atoms with van der Waals surface area (Å²) < 4.78 is 0. The van der Waals surface area contributed by atoms with Crippen molar-refractivity contribution in [3.63, 3.8) is 0 Å². The van der Waals surface area contributed by atoms with Gasteiger partial charge in [-0.25, -0.2) is 4.98 Å². The van der Waals surface area contributed by atoms with E-state index in [9.17, 15) is 0 Å². The second-order valence-corrected chi connectivity index (χ2v) is 7.37. The van der Waals surface area contributed by atoms with Crippen LogP contribution in [0.2, 0.25) is 6.32 Å². The SMILES string of the molecule is CC(C)(C)c1nc2c(s1)CN(CCCB(O)O)CC2. The number of thiazole rings is 1. The van der Waals surface area contributed by atoms with Gasteiger partial charge in [0.15, 0.2) is 0 Å². The number of rotatable bonds is 4. The van der Waals surface area contributed by atoms with Gasteiger partial charge in [-0.15, -0.1) is 11.3 Å². The highest BCUT2D eigenvalue weighted by Gasteiger charge is 2.25. The Morgan fingerprint density at radius 3 is 2.74 bits per heavy atom. The van der Waals surface area contributed by atoms with Gasteiger partial charge in [0.2, 0.25) is 0 Å². The van der Waals surface area contributed by atoms with E-state index in [1.807, 2.05) is 11.3 Å². The molecule has 0 atom stereocenters. The molecule has 1 aromatic heterocycles. The molecule has 0 bridgehead atoms. The van der Waals surface area contributed by atoms with Crippen LogP contribution >= 0.6 is 11.3 Å². The predicted octanol–water partition coefficient (Wildman–Crippen LogP) is 1.66. The average molecular weight is 282 g/mol. The number of hydrogen-bond acceptors (Lipinski definition) is 5. The quantitative estimate of drug-likeness (QED) is 0.825. The van der Waals surface area contributed by atoms with E-state index in [0.717, 1.165) is 32.5 Å². The van der Waals surface area contributed by atoms with Gasteiger partial charge in [0.25, 0.3) is 0 Å². The summed E-state index contributed by atoms with van der Waals surface area (Å²) in [6, 6.07) is 0. The normalized spacial score (nSPS) is 16.5. The van der Waals surface area contributed by atoms with E-state index in [0.29, 0.717) is 6.32 Å². The van der Waals surface area contributed by atoms with Crippen molar-refractivity contribution in [1.29, 1.82) is 0 Å². The van der Waals surface area contributed by atoms with Crippen LogP contribution in [0.4, 0.5) is 0 Å². The summed E-state index contributed by atoms with van der Waals surface area (Å²) in [6.07, 6.45) is 2.31. The maximum atomic E-state index is 8.86. The molecule has 2 N–H and O–H groups in total. The van der Waals surface area contributed by atoms with Crippen LogP contribution in [-0.2, 0) is 18.4 Å². The molecule has 1 aromatic rings. The molecular formula is C13H23BN2O2S. The maximum absolute atomic E-state index is 8.86. The number of hydrogen-bond donors (Lipinski definition) is 2. The molecule has 0 spiro atoms. The summed E-state index contributed by atoms with van der Waals surface area (Å²) in [5, 5.41) is 19.0. The first-order valence-corrected chi connectivity index (χ1v) is 7.75. The van der Waals surface area contributed by atoms with Crippen LogP contribution in [0.3, 0.4) is 0 Å². The summed E-state index contributed by atoms with van der Waals surface area (Å²) >= 11 is 1.83. The summed E-state index contributed by atoms with van der Waals surface area (Å²) in [5.74, 6) is 0. The maximum Gasteiger partial charge on any atom is 0.451 e. The molecule has 1 aliphatic heterocycles. The lowest BCUT2D eigenvalue weighted by Crippen LogP contribution is -2.31. The summed E-state index contributed by atoms with van der Waals surface area (Å²) in [5.41, 5.74) is 1.40. The predicted molar refractivity (Wildman–Crippen MR) is 79.4 cm³/mol. The van der Waals surface area contributed by atoms with E-state index < -0.39 is 7.12 Å². The van der Waals surface area contributed by atoms with Crippen LogP contribution in [0.15, 0.2) is 0 Å². The topological polar surface area (TPSA) is 56.6 Å². The molecule has 4 nitrogen and oxygen atoms in total. The van der Waals surface area contributed by atoms with E-state index in [1.54, 1.807) is 0 Å². The minimum atomic E-state index is -1.17. The molecule has 0 saturated carbocycles. The lowest BCUT2D eigenvalue weighted by atomic mass is 9.84. The van der Waals surface area contributed by atoms with Crippen molar-refractivity contribution in [2.45, 2.75) is 51.9 Å². The zero-order valence-corrected chi connectivity index (χ0v) is 12.8. The fraction of sp³-hybridized carbons (Fsp3) is 0.769. The molecule has 6 heteroatoms. The van der Waals surface area contributed by atoms with Gasteiger partial charge in [0, 0.05) is 29.8 Å². The summed E-state index contributed by atoms with van der Waals surface area (Å²) in [7, 11) is -1.17. The smallest absolute Gasteiger partial charge is 0.427 e. The van der Waals surface area contributed by atoms with Crippen molar-refractivity contribution in [3.05, 3.63) is 15.6 Å². The van der Waals surface area contributed by atoms with Gasteiger partial charge in [-0.2, -0.15) is 0 Å². The van der Waals surface area contributed by atoms with Gasteiger partial charge >= 0.3 is 7.12 Å². The largest absolute Gasteiger partial charge is 0.451 e. The van der Waals surface area contributed by atoms with E-state index in [-0.39, 0.29) is 5.41 Å². The highest BCUT2D eigenvalue weighted by molar-refractivity contribution is 7.11. The zero-order chi connectivity index (χ0) is 14.0. The van der Waals surface area contributed by atoms with Gasteiger partial charge in [0.05, 0.1) is 10.7 Å². The second kappa shape index (κ2) is 5.91. The molecule has 106 valence electrons. The Balaban J connectivity index is 1.94. The third kappa shape index (κ3) is 4.02. The zero-order valence-electron chi connectivity index (χ0n) is 12.0. The van der Waals surface area contributed by atoms with Crippen molar-refractivity contribution in [3.8, 4) is 0 Å². The van der Waals surface area contributed by atoms with Crippen molar-refractivity contribution >= 4 is 18.5 Å².